The van der Waals surface area contributed by atoms with Crippen LogP contribution in [-0.4, -0.2) is 36.6 Å². The van der Waals surface area contributed by atoms with Crippen molar-refractivity contribution in [2.24, 2.45) is 0 Å². The zero-order valence-electron chi connectivity index (χ0n) is 16.1. The number of methoxy groups -OCH3 is 2. The average molecular weight is 396 g/mol. The number of rotatable bonds is 8. The van der Waals surface area contributed by atoms with Gasteiger partial charge in [-0.2, -0.15) is 0 Å². The maximum Gasteiger partial charge on any atom is 0.270 e. The third-order valence-corrected chi connectivity index (χ3v) is 4.17. The predicted octanol–water partition coefficient (Wildman–Crippen LogP) is 3.35. The van der Waals surface area contributed by atoms with E-state index < -0.39 is 0 Å². The summed E-state index contributed by atoms with van der Waals surface area (Å²) >= 11 is 0. The summed E-state index contributed by atoms with van der Waals surface area (Å²) in [5.74, 6) is 1.06. The number of nitrogens with one attached hydrogen (secondary N) is 2. The minimum atomic E-state index is -0.315. The highest BCUT2D eigenvalue weighted by Gasteiger charge is 2.10. The Morgan fingerprint density at radius 3 is 2.48 bits per heavy atom. The molecule has 3 rings (SSSR count). The number of nitrogens with zero attached hydrogens (tertiary/aromatic N) is 2. The van der Waals surface area contributed by atoms with Crippen molar-refractivity contribution in [1.29, 1.82) is 0 Å². The number of hydrogen-bond donors (Lipinski definition) is 2. The van der Waals surface area contributed by atoms with Crippen LogP contribution >= 0.6 is 0 Å². The van der Waals surface area contributed by atoms with Crippen molar-refractivity contribution >= 4 is 17.4 Å². The van der Waals surface area contributed by atoms with Gasteiger partial charge >= 0.3 is 0 Å². The molecular weight excluding hydrogens is 375 g/mol. The van der Waals surface area contributed by atoms with E-state index in [-0.39, 0.29) is 17.4 Å². The largest absolute Gasteiger partial charge is 0.493 e. The van der Waals surface area contributed by atoms with E-state index in [0.717, 1.165) is 11.3 Å². The Labute approximate surface area is 167 Å². The summed E-state index contributed by atoms with van der Waals surface area (Å²) in [6.45, 7) is 0.410. The van der Waals surface area contributed by atoms with E-state index in [1.165, 1.54) is 18.5 Å². The first-order chi connectivity index (χ1) is 14.1. The van der Waals surface area contributed by atoms with Crippen LogP contribution in [0, 0.1) is 5.82 Å². The molecule has 0 fully saturated rings. The third-order valence-electron chi connectivity index (χ3n) is 4.17. The second-order valence-corrected chi connectivity index (χ2v) is 6.12. The van der Waals surface area contributed by atoms with E-state index in [4.69, 9.17) is 9.47 Å². The van der Waals surface area contributed by atoms with Crippen LogP contribution in [0.2, 0.25) is 0 Å². The maximum atomic E-state index is 12.9. The minimum absolute atomic E-state index is 0.238. The highest BCUT2D eigenvalue weighted by molar-refractivity contribution is 5.93. The van der Waals surface area contributed by atoms with E-state index in [2.05, 4.69) is 20.6 Å². The molecule has 2 N–H and O–H groups in total. The number of aromatic nitrogens is 2. The molecule has 8 heteroatoms. The van der Waals surface area contributed by atoms with Gasteiger partial charge in [0.1, 0.15) is 23.7 Å². The van der Waals surface area contributed by atoms with Crippen molar-refractivity contribution in [2.45, 2.75) is 6.42 Å². The molecule has 1 amide bonds. The monoisotopic (exact) mass is 396 g/mol. The Morgan fingerprint density at radius 2 is 1.76 bits per heavy atom. The molecule has 0 saturated carbocycles. The first-order valence-electron chi connectivity index (χ1n) is 8.93. The first kappa shape index (κ1) is 20.1. The molecule has 7 nitrogen and oxygen atoms in total. The van der Waals surface area contributed by atoms with E-state index in [9.17, 15) is 9.18 Å². The fourth-order valence-corrected chi connectivity index (χ4v) is 2.67. The lowest BCUT2D eigenvalue weighted by Gasteiger charge is -2.11. The van der Waals surface area contributed by atoms with Crippen LogP contribution in [0.25, 0.3) is 0 Å². The third kappa shape index (κ3) is 5.41. The maximum absolute atomic E-state index is 12.9. The summed E-state index contributed by atoms with van der Waals surface area (Å²) in [5, 5.41) is 5.91. The highest BCUT2D eigenvalue weighted by Crippen LogP contribution is 2.30. The lowest BCUT2D eigenvalue weighted by molar-refractivity contribution is 0.0949. The molecule has 1 heterocycles. The second-order valence-electron chi connectivity index (χ2n) is 6.12. The molecule has 29 heavy (non-hydrogen) atoms. The van der Waals surface area contributed by atoms with Gasteiger partial charge in [0.15, 0.2) is 11.5 Å². The van der Waals surface area contributed by atoms with Crippen LogP contribution in [-0.2, 0) is 6.42 Å². The lowest BCUT2D eigenvalue weighted by atomic mass is 10.1. The van der Waals surface area contributed by atoms with Crippen molar-refractivity contribution in [3.63, 3.8) is 0 Å². The van der Waals surface area contributed by atoms with E-state index in [0.29, 0.717) is 30.3 Å². The number of halogens is 1. The summed E-state index contributed by atoms with van der Waals surface area (Å²) in [6.07, 6.45) is 1.91. The number of anilines is 2. The Morgan fingerprint density at radius 1 is 1.00 bits per heavy atom. The van der Waals surface area contributed by atoms with Crippen LogP contribution in [0.1, 0.15) is 16.1 Å². The molecule has 0 atom stereocenters. The van der Waals surface area contributed by atoms with Gasteiger partial charge in [0.25, 0.3) is 5.91 Å². The Bertz CT molecular complexity index is 980. The van der Waals surface area contributed by atoms with E-state index in [1.807, 2.05) is 6.07 Å². The Hall–Kier alpha value is -3.68. The van der Waals surface area contributed by atoms with Crippen molar-refractivity contribution in [3.8, 4) is 11.5 Å². The zero-order valence-corrected chi connectivity index (χ0v) is 16.1. The normalized spacial score (nSPS) is 10.3. The summed E-state index contributed by atoms with van der Waals surface area (Å²) in [6, 6.07) is 13.1. The van der Waals surface area contributed by atoms with Gasteiger partial charge in [-0.3, -0.25) is 4.79 Å². The molecule has 0 bridgehead atoms. The first-order valence-corrected chi connectivity index (χ1v) is 8.93. The predicted molar refractivity (Wildman–Crippen MR) is 107 cm³/mol. The molecule has 1 aromatic heterocycles. The molecule has 0 unspecified atom stereocenters. The number of hydrogen-bond acceptors (Lipinski definition) is 6. The van der Waals surface area contributed by atoms with Gasteiger partial charge in [-0.25, -0.2) is 14.4 Å². The van der Waals surface area contributed by atoms with E-state index in [1.54, 1.807) is 44.6 Å². The van der Waals surface area contributed by atoms with Crippen LogP contribution in [0.5, 0.6) is 11.5 Å². The van der Waals surface area contributed by atoms with Crippen molar-refractivity contribution in [1.82, 2.24) is 15.3 Å². The van der Waals surface area contributed by atoms with Crippen molar-refractivity contribution < 1.29 is 18.7 Å². The summed E-state index contributed by atoms with van der Waals surface area (Å²) < 4.78 is 23.4. The lowest BCUT2D eigenvalue weighted by Crippen LogP contribution is -2.26. The van der Waals surface area contributed by atoms with Gasteiger partial charge in [0.2, 0.25) is 0 Å². The average Bonchev–Trinajstić information content (AvgIpc) is 2.75. The van der Waals surface area contributed by atoms with Crippen LogP contribution < -0.4 is 20.1 Å². The second kappa shape index (κ2) is 9.50. The molecule has 0 spiro atoms. The number of amides is 1. The van der Waals surface area contributed by atoms with Crippen LogP contribution in [0.15, 0.2) is 54.9 Å². The molecular formula is C21H21FN4O3. The number of benzene rings is 2. The Balaban J connectivity index is 1.61. The van der Waals surface area contributed by atoms with Gasteiger partial charge in [0.05, 0.1) is 14.2 Å². The van der Waals surface area contributed by atoms with Gasteiger partial charge in [0, 0.05) is 24.4 Å². The zero-order chi connectivity index (χ0) is 20.6. The molecule has 150 valence electrons. The number of carbonyl (C=O) groups excluding carboxylic acids is 1. The van der Waals surface area contributed by atoms with Crippen LogP contribution in [0.3, 0.4) is 0 Å². The fraction of sp³-hybridized carbons (Fsp3) is 0.190. The topological polar surface area (TPSA) is 85.4 Å². The SMILES string of the molecule is COc1ccc(Nc2cc(C(=O)NCCc3ccc(F)cc3)ncn2)cc1OC. The minimum Gasteiger partial charge on any atom is -0.493 e. The highest BCUT2D eigenvalue weighted by atomic mass is 19.1. The van der Waals surface area contributed by atoms with Crippen LogP contribution in [0.4, 0.5) is 15.9 Å². The van der Waals surface area contributed by atoms with E-state index >= 15 is 0 Å². The van der Waals surface area contributed by atoms with Crippen molar-refractivity contribution in [2.75, 3.05) is 26.1 Å². The standard InChI is InChI=1S/C21H21FN4O3/c1-28-18-8-7-16(11-19(18)29-2)26-20-12-17(24-13-25-20)21(27)23-10-9-14-3-5-15(22)6-4-14/h3-8,11-13H,9-10H2,1-2H3,(H,23,27)(H,24,25,26). The molecule has 0 aliphatic carbocycles. The molecule has 0 radical (unpaired) electrons. The molecule has 0 aliphatic rings. The number of carbonyl (C=O) groups is 1. The quantitative estimate of drug-likeness (QED) is 0.607. The Kier molecular flexibility index (Phi) is 6.57. The van der Waals surface area contributed by atoms with Gasteiger partial charge in [-0.1, -0.05) is 12.1 Å². The molecule has 2 aromatic carbocycles. The summed E-state index contributed by atoms with van der Waals surface area (Å²) in [4.78, 5) is 20.5. The fourth-order valence-electron chi connectivity index (χ4n) is 2.67. The molecule has 3 aromatic rings. The van der Waals surface area contributed by atoms with Gasteiger partial charge in [-0.15, -0.1) is 0 Å². The molecule has 0 aliphatic heterocycles. The number of ether oxygens (including phenoxy) is 2. The summed E-state index contributed by atoms with van der Waals surface area (Å²) in [7, 11) is 3.12. The van der Waals surface area contributed by atoms with Gasteiger partial charge < -0.3 is 20.1 Å². The van der Waals surface area contributed by atoms with Gasteiger partial charge in [-0.05, 0) is 36.2 Å². The van der Waals surface area contributed by atoms with Crippen molar-refractivity contribution in [3.05, 3.63) is 71.9 Å². The smallest absolute Gasteiger partial charge is 0.270 e. The summed E-state index contributed by atoms with van der Waals surface area (Å²) in [5.41, 5.74) is 1.90. The molecule has 0 saturated heterocycles.